The van der Waals surface area contributed by atoms with Crippen molar-refractivity contribution in [3.8, 4) is 5.75 Å². The Kier molecular flexibility index (Phi) is 3.75. The molecule has 0 bridgehead atoms. The number of anilines is 1. The number of thioether (sulfide) groups is 1. The van der Waals surface area contributed by atoms with Crippen molar-refractivity contribution in [1.29, 1.82) is 0 Å². The van der Waals surface area contributed by atoms with Crippen LogP contribution in [0.1, 0.15) is 5.69 Å². The summed E-state index contributed by atoms with van der Waals surface area (Å²) in [6, 6.07) is 11.5. The minimum atomic E-state index is 0.316. The molecule has 102 valence electrons. The number of phenols is 1. The highest BCUT2D eigenvalue weighted by molar-refractivity contribution is 7.98. The lowest BCUT2D eigenvalue weighted by molar-refractivity contribution is 0.481. The molecule has 0 amide bonds. The van der Waals surface area contributed by atoms with Gasteiger partial charge in [-0.2, -0.15) is 0 Å². The first kappa shape index (κ1) is 13.2. The molecule has 0 atom stereocenters. The number of nitrogens with zero attached hydrogens (tertiary/aromatic N) is 2. The maximum Gasteiger partial charge on any atom is 0.133 e. The van der Waals surface area contributed by atoms with Crippen LogP contribution in [-0.2, 0) is 5.75 Å². The van der Waals surface area contributed by atoms with E-state index in [1.807, 2.05) is 37.4 Å². The molecule has 0 saturated heterocycles. The lowest BCUT2D eigenvalue weighted by Gasteiger charge is -2.07. The van der Waals surface area contributed by atoms with Crippen molar-refractivity contribution in [1.82, 2.24) is 9.59 Å². The summed E-state index contributed by atoms with van der Waals surface area (Å²) in [5.41, 5.74) is 0.958. The van der Waals surface area contributed by atoms with Crippen LogP contribution in [0.15, 0.2) is 41.3 Å². The van der Waals surface area contributed by atoms with Gasteiger partial charge in [0.05, 0.1) is 0 Å². The fourth-order valence-electron chi connectivity index (χ4n) is 2.02. The number of rotatable bonds is 4. The molecular weight excluding hydrogens is 290 g/mol. The maximum atomic E-state index is 9.89. The molecule has 0 spiro atoms. The van der Waals surface area contributed by atoms with Crippen molar-refractivity contribution in [3.63, 3.8) is 0 Å². The predicted molar refractivity (Wildman–Crippen MR) is 84.6 cm³/mol. The summed E-state index contributed by atoms with van der Waals surface area (Å²) in [5.74, 6) is 1.07. The van der Waals surface area contributed by atoms with Crippen molar-refractivity contribution in [2.24, 2.45) is 0 Å². The van der Waals surface area contributed by atoms with E-state index >= 15 is 0 Å². The average Bonchev–Trinajstić information content (AvgIpc) is 2.94. The van der Waals surface area contributed by atoms with E-state index < -0.39 is 0 Å². The second kappa shape index (κ2) is 5.68. The summed E-state index contributed by atoms with van der Waals surface area (Å²) in [5, 5.41) is 20.1. The van der Waals surface area contributed by atoms with Crippen LogP contribution >= 0.6 is 23.3 Å². The summed E-state index contributed by atoms with van der Waals surface area (Å²) >= 11 is 3.06. The Morgan fingerprint density at radius 3 is 2.80 bits per heavy atom. The average molecular weight is 303 g/mol. The molecule has 4 nitrogen and oxygen atoms in total. The second-order valence-electron chi connectivity index (χ2n) is 4.22. The molecule has 2 aromatic carbocycles. The van der Waals surface area contributed by atoms with Crippen LogP contribution in [0.2, 0.25) is 0 Å². The molecule has 0 aliphatic rings. The quantitative estimate of drug-likeness (QED) is 0.719. The fraction of sp³-hybridized carbons (Fsp3) is 0.143. The van der Waals surface area contributed by atoms with Gasteiger partial charge in [0.25, 0.3) is 0 Å². The van der Waals surface area contributed by atoms with Gasteiger partial charge in [-0.1, -0.05) is 28.8 Å². The Balaban J connectivity index is 1.90. The highest BCUT2D eigenvalue weighted by Crippen LogP contribution is 2.35. The van der Waals surface area contributed by atoms with Crippen LogP contribution in [-0.4, -0.2) is 21.7 Å². The summed E-state index contributed by atoms with van der Waals surface area (Å²) in [7, 11) is 1.87. The van der Waals surface area contributed by atoms with Gasteiger partial charge in [-0.15, -0.1) is 16.9 Å². The summed E-state index contributed by atoms with van der Waals surface area (Å²) in [4.78, 5) is 1.13. The monoisotopic (exact) mass is 303 g/mol. The highest BCUT2D eigenvalue weighted by atomic mass is 32.2. The third kappa shape index (κ3) is 2.44. The molecule has 6 heteroatoms. The number of fused-ring (bicyclic) bond motifs is 1. The molecule has 0 radical (unpaired) electrons. The normalized spacial score (nSPS) is 10.8. The summed E-state index contributed by atoms with van der Waals surface area (Å²) < 4.78 is 3.96. The van der Waals surface area contributed by atoms with E-state index in [1.165, 1.54) is 11.5 Å². The van der Waals surface area contributed by atoms with E-state index in [4.69, 9.17) is 0 Å². The lowest BCUT2D eigenvalue weighted by Crippen LogP contribution is -1.90. The molecule has 0 saturated carbocycles. The van der Waals surface area contributed by atoms with Gasteiger partial charge in [-0.25, -0.2) is 0 Å². The van der Waals surface area contributed by atoms with Crippen LogP contribution in [0.4, 0.5) is 5.00 Å². The lowest BCUT2D eigenvalue weighted by atomic mass is 10.1. The number of nitrogens with one attached hydrogen (secondary N) is 1. The largest absolute Gasteiger partial charge is 0.507 e. The molecule has 0 fully saturated rings. The number of hydrogen-bond donors (Lipinski definition) is 2. The zero-order valence-corrected chi connectivity index (χ0v) is 12.5. The van der Waals surface area contributed by atoms with Gasteiger partial charge in [-0.05, 0) is 17.5 Å². The van der Waals surface area contributed by atoms with E-state index in [0.29, 0.717) is 5.75 Å². The second-order valence-corrected chi connectivity index (χ2v) is 5.99. The van der Waals surface area contributed by atoms with Crippen molar-refractivity contribution in [3.05, 3.63) is 42.1 Å². The highest BCUT2D eigenvalue weighted by Gasteiger charge is 2.09. The van der Waals surface area contributed by atoms with Crippen molar-refractivity contribution >= 4 is 39.1 Å². The molecule has 0 unspecified atom stereocenters. The minimum absolute atomic E-state index is 0.316. The first-order chi connectivity index (χ1) is 9.79. The van der Waals surface area contributed by atoms with Gasteiger partial charge in [0, 0.05) is 34.6 Å². The van der Waals surface area contributed by atoms with Gasteiger partial charge < -0.3 is 10.4 Å². The predicted octanol–water partition coefficient (Wildman–Crippen LogP) is 3.73. The van der Waals surface area contributed by atoms with E-state index in [-0.39, 0.29) is 0 Å². The van der Waals surface area contributed by atoms with E-state index in [0.717, 1.165) is 32.1 Å². The zero-order chi connectivity index (χ0) is 13.9. The Hall–Kier alpha value is -1.79. The Morgan fingerprint density at radius 2 is 2.00 bits per heavy atom. The first-order valence-electron chi connectivity index (χ1n) is 6.12. The Bertz CT molecular complexity index is 742. The topological polar surface area (TPSA) is 58.0 Å². The van der Waals surface area contributed by atoms with Crippen molar-refractivity contribution in [2.45, 2.75) is 10.6 Å². The van der Waals surface area contributed by atoms with E-state index in [9.17, 15) is 5.11 Å². The molecule has 1 aromatic heterocycles. The number of phenolic OH excluding ortho intramolecular Hbond substituents is 1. The number of aromatic hydroxyl groups is 1. The molecule has 2 N–H and O–H groups in total. The van der Waals surface area contributed by atoms with Gasteiger partial charge in [-0.3, -0.25) is 0 Å². The summed E-state index contributed by atoms with van der Waals surface area (Å²) in [6.07, 6.45) is 0. The molecule has 3 rings (SSSR count). The molecule has 3 aromatic rings. The minimum Gasteiger partial charge on any atom is -0.507 e. The van der Waals surface area contributed by atoms with Crippen LogP contribution in [0, 0.1) is 0 Å². The molecule has 0 aliphatic carbocycles. The molecular formula is C14H13N3OS2. The first-order valence-corrected chi connectivity index (χ1v) is 7.88. The van der Waals surface area contributed by atoms with Crippen LogP contribution in [0.3, 0.4) is 0 Å². The van der Waals surface area contributed by atoms with E-state index in [2.05, 4.69) is 14.9 Å². The maximum absolute atomic E-state index is 9.89. The third-order valence-corrected chi connectivity index (χ3v) is 4.88. The Morgan fingerprint density at radius 1 is 1.20 bits per heavy atom. The number of hydrogen-bond acceptors (Lipinski definition) is 6. The number of aromatic nitrogens is 2. The van der Waals surface area contributed by atoms with E-state index in [1.54, 1.807) is 17.8 Å². The Labute approximate surface area is 125 Å². The van der Waals surface area contributed by atoms with Gasteiger partial charge in [0.1, 0.15) is 16.4 Å². The molecule has 1 heterocycles. The number of benzene rings is 2. The van der Waals surface area contributed by atoms with Gasteiger partial charge in [0.15, 0.2) is 0 Å². The van der Waals surface area contributed by atoms with Gasteiger partial charge >= 0.3 is 0 Å². The van der Waals surface area contributed by atoms with Gasteiger partial charge in [0.2, 0.25) is 0 Å². The zero-order valence-electron chi connectivity index (χ0n) is 10.8. The third-order valence-electron chi connectivity index (χ3n) is 3.01. The fourth-order valence-corrected chi connectivity index (χ4v) is 3.63. The molecule has 20 heavy (non-hydrogen) atoms. The molecule has 0 aliphatic heterocycles. The smallest absolute Gasteiger partial charge is 0.133 e. The van der Waals surface area contributed by atoms with Crippen LogP contribution in [0.25, 0.3) is 10.8 Å². The standard InChI is InChI=1S/C14H13N3OS2/c1-15-14-11(16-17-20-14)8-19-13-7-6-12(18)9-4-2-3-5-10(9)13/h2-7,15,18H,8H2,1H3. The summed E-state index contributed by atoms with van der Waals surface area (Å²) in [6.45, 7) is 0. The van der Waals surface area contributed by atoms with Crippen molar-refractivity contribution < 1.29 is 5.11 Å². The van der Waals surface area contributed by atoms with Crippen LogP contribution in [0.5, 0.6) is 5.75 Å². The SMILES string of the molecule is CNc1snnc1CSc1ccc(O)c2ccccc12. The van der Waals surface area contributed by atoms with Crippen molar-refractivity contribution in [2.75, 3.05) is 12.4 Å². The van der Waals surface area contributed by atoms with Crippen LogP contribution < -0.4 is 5.32 Å².